The van der Waals surface area contributed by atoms with Gasteiger partial charge in [0.2, 0.25) is 5.91 Å². The average Bonchev–Trinajstić information content (AvgIpc) is 2.12. The van der Waals surface area contributed by atoms with Crippen molar-refractivity contribution in [1.82, 2.24) is 5.32 Å². The second-order valence-corrected chi connectivity index (χ2v) is 4.84. The highest BCUT2D eigenvalue weighted by Crippen LogP contribution is 2.13. The summed E-state index contributed by atoms with van der Waals surface area (Å²) in [5.41, 5.74) is 5.49. The van der Waals surface area contributed by atoms with Crippen molar-refractivity contribution in [2.45, 2.75) is 58.9 Å². The first-order chi connectivity index (χ1) is 6.96. The Balaban J connectivity index is 4.19. The Morgan fingerprint density at radius 1 is 1.33 bits per heavy atom. The van der Waals surface area contributed by atoms with Gasteiger partial charge in [-0.3, -0.25) is 4.79 Å². The molecule has 1 amide bonds. The van der Waals surface area contributed by atoms with Crippen LogP contribution in [0.5, 0.6) is 0 Å². The lowest BCUT2D eigenvalue weighted by Crippen LogP contribution is -2.47. The van der Waals surface area contributed by atoms with Gasteiger partial charge in [-0.25, -0.2) is 0 Å². The van der Waals surface area contributed by atoms with Crippen LogP contribution in [0.3, 0.4) is 0 Å². The molecule has 0 rings (SSSR count). The fraction of sp³-hybridized carbons (Fsp3) is 0.917. The highest BCUT2D eigenvalue weighted by molar-refractivity contribution is 5.79. The van der Waals surface area contributed by atoms with Crippen LogP contribution in [-0.2, 0) is 4.79 Å². The van der Waals surface area contributed by atoms with E-state index in [9.17, 15) is 4.79 Å². The van der Waals surface area contributed by atoms with Crippen molar-refractivity contribution in [3.05, 3.63) is 0 Å². The van der Waals surface area contributed by atoms with Gasteiger partial charge < -0.3 is 11.1 Å². The van der Waals surface area contributed by atoms with E-state index in [2.05, 4.69) is 33.0 Å². The number of hydrogen-bond donors (Lipinski definition) is 2. The Kier molecular flexibility index (Phi) is 6.57. The molecule has 0 fully saturated rings. The predicted molar refractivity (Wildman–Crippen MR) is 64.6 cm³/mol. The summed E-state index contributed by atoms with van der Waals surface area (Å²) in [6, 6.07) is 0. The number of hydrogen-bond acceptors (Lipinski definition) is 2. The van der Waals surface area contributed by atoms with E-state index in [-0.39, 0.29) is 17.4 Å². The third-order valence-corrected chi connectivity index (χ3v) is 2.63. The first-order valence-electron chi connectivity index (χ1n) is 5.99. The van der Waals surface area contributed by atoms with E-state index in [4.69, 9.17) is 5.73 Å². The van der Waals surface area contributed by atoms with Crippen LogP contribution >= 0.6 is 0 Å². The van der Waals surface area contributed by atoms with Crippen LogP contribution in [0, 0.1) is 5.92 Å². The molecule has 0 aromatic rings. The van der Waals surface area contributed by atoms with E-state index < -0.39 is 0 Å². The zero-order valence-corrected chi connectivity index (χ0v) is 10.6. The van der Waals surface area contributed by atoms with Crippen molar-refractivity contribution in [2.24, 2.45) is 11.7 Å². The predicted octanol–water partition coefficient (Wildman–Crippen LogP) is 2.06. The highest BCUT2D eigenvalue weighted by Gasteiger charge is 2.23. The highest BCUT2D eigenvalue weighted by atomic mass is 16.2. The Morgan fingerprint density at radius 3 is 2.33 bits per heavy atom. The lowest BCUT2D eigenvalue weighted by Gasteiger charge is -2.28. The summed E-state index contributed by atoms with van der Waals surface area (Å²) < 4.78 is 0. The number of nitrogens with two attached hydrogens (primary N) is 1. The third-order valence-electron chi connectivity index (χ3n) is 2.63. The normalized spacial score (nSPS) is 13.7. The van der Waals surface area contributed by atoms with Crippen LogP contribution in [0.4, 0.5) is 0 Å². The van der Waals surface area contributed by atoms with Gasteiger partial charge in [0.25, 0.3) is 0 Å². The zero-order valence-electron chi connectivity index (χ0n) is 10.6. The molecule has 0 heterocycles. The Labute approximate surface area is 93.8 Å². The molecule has 0 saturated heterocycles. The topological polar surface area (TPSA) is 55.1 Å². The third kappa shape index (κ3) is 5.78. The number of carbonyl (C=O) groups is 1. The molecular formula is C12H26N2O. The van der Waals surface area contributed by atoms with Gasteiger partial charge in [0.05, 0.1) is 5.92 Å². The minimum Gasteiger partial charge on any atom is -0.351 e. The van der Waals surface area contributed by atoms with Crippen LogP contribution in [0.15, 0.2) is 0 Å². The monoisotopic (exact) mass is 214 g/mol. The molecule has 0 aromatic heterocycles. The van der Waals surface area contributed by atoms with Crippen LogP contribution in [0.25, 0.3) is 0 Å². The van der Waals surface area contributed by atoms with Gasteiger partial charge in [-0.15, -0.1) is 0 Å². The second-order valence-electron chi connectivity index (χ2n) is 4.84. The number of carbonyl (C=O) groups excluding carboxylic acids is 1. The van der Waals surface area contributed by atoms with Crippen LogP contribution < -0.4 is 11.1 Å². The second kappa shape index (κ2) is 6.83. The largest absolute Gasteiger partial charge is 0.351 e. The molecule has 0 aliphatic rings. The SMILES string of the molecule is CCCC(CN)C(=O)NC(C)(C)CCC. The molecule has 0 aliphatic carbocycles. The maximum atomic E-state index is 11.9. The van der Waals surface area contributed by atoms with Gasteiger partial charge in [0, 0.05) is 12.1 Å². The minimum atomic E-state index is -0.104. The van der Waals surface area contributed by atoms with Crippen molar-refractivity contribution in [1.29, 1.82) is 0 Å². The van der Waals surface area contributed by atoms with E-state index in [0.29, 0.717) is 6.54 Å². The lowest BCUT2D eigenvalue weighted by molar-refractivity contribution is -0.126. The summed E-state index contributed by atoms with van der Waals surface area (Å²) in [7, 11) is 0. The van der Waals surface area contributed by atoms with Crippen LogP contribution in [0.2, 0.25) is 0 Å². The van der Waals surface area contributed by atoms with E-state index >= 15 is 0 Å². The van der Waals surface area contributed by atoms with Crippen molar-refractivity contribution in [2.75, 3.05) is 6.54 Å². The van der Waals surface area contributed by atoms with Crippen molar-refractivity contribution >= 4 is 5.91 Å². The summed E-state index contributed by atoms with van der Waals surface area (Å²) in [5, 5.41) is 3.07. The maximum absolute atomic E-state index is 11.9. The number of amides is 1. The molecule has 3 N–H and O–H groups in total. The molecular weight excluding hydrogens is 188 g/mol. The molecule has 15 heavy (non-hydrogen) atoms. The standard InChI is InChI=1S/C12H26N2O/c1-5-7-10(9-13)11(15)14-12(3,4)8-6-2/h10H,5-9,13H2,1-4H3,(H,14,15). The van der Waals surface area contributed by atoms with E-state index in [0.717, 1.165) is 25.7 Å². The summed E-state index contributed by atoms with van der Waals surface area (Å²) in [5.74, 6) is 0.0870. The molecule has 1 atom stereocenters. The molecule has 3 nitrogen and oxygen atoms in total. The molecule has 90 valence electrons. The Hall–Kier alpha value is -0.570. The molecule has 0 aliphatic heterocycles. The quantitative estimate of drug-likeness (QED) is 0.681. The molecule has 0 aromatic carbocycles. The van der Waals surface area contributed by atoms with Crippen molar-refractivity contribution < 1.29 is 4.79 Å². The Morgan fingerprint density at radius 2 is 1.93 bits per heavy atom. The minimum absolute atomic E-state index is 0.0221. The van der Waals surface area contributed by atoms with Gasteiger partial charge in [-0.2, -0.15) is 0 Å². The van der Waals surface area contributed by atoms with Crippen LogP contribution in [0.1, 0.15) is 53.4 Å². The van der Waals surface area contributed by atoms with Crippen molar-refractivity contribution in [3.8, 4) is 0 Å². The lowest BCUT2D eigenvalue weighted by atomic mass is 9.96. The average molecular weight is 214 g/mol. The van der Waals surface area contributed by atoms with E-state index in [1.54, 1.807) is 0 Å². The molecule has 3 heteroatoms. The molecule has 0 radical (unpaired) electrons. The smallest absolute Gasteiger partial charge is 0.224 e. The number of rotatable bonds is 7. The molecule has 0 bridgehead atoms. The van der Waals surface area contributed by atoms with Gasteiger partial charge in [-0.1, -0.05) is 26.7 Å². The fourth-order valence-electron chi connectivity index (χ4n) is 1.83. The first-order valence-corrected chi connectivity index (χ1v) is 5.99. The zero-order chi connectivity index (χ0) is 11.9. The fourth-order valence-corrected chi connectivity index (χ4v) is 1.83. The van der Waals surface area contributed by atoms with Gasteiger partial charge in [0.1, 0.15) is 0 Å². The van der Waals surface area contributed by atoms with Crippen molar-refractivity contribution in [3.63, 3.8) is 0 Å². The first kappa shape index (κ1) is 14.4. The molecule has 1 unspecified atom stereocenters. The summed E-state index contributed by atoms with van der Waals surface area (Å²) in [6.07, 6.45) is 3.96. The van der Waals surface area contributed by atoms with Gasteiger partial charge in [0.15, 0.2) is 0 Å². The number of nitrogens with one attached hydrogen (secondary N) is 1. The molecule has 0 spiro atoms. The Bertz CT molecular complexity index is 190. The van der Waals surface area contributed by atoms with E-state index in [1.807, 2.05) is 0 Å². The maximum Gasteiger partial charge on any atom is 0.224 e. The summed E-state index contributed by atoms with van der Waals surface area (Å²) in [4.78, 5) is 11.9. The van der Waals surface area contributed by atoms with Gasteiger partial charge in [-0.05, 0) is 26.7 Å². The van der Waals surface area contributed by atoms with Crippen LogP contribution in [-0.4, -0.2) is 18.0 Å². The summed E-state index contributed by atoms with van der Waals surface area (Å²) >= 11 is 0. The summed E-state index contributed by atoms with van der Waals surface area (Å²) in [6.45, 7) is 8.78. The van der Waals surface area contributed by atoms with E-state index in [1.165, 1.54) is 0 Å². The molecule has 0 saturated carbocycles. The van der Waals surface area contributed by atoms with Gasteiger partial charge >= 0.3 is 0 Å².